The Kier molecular flexibility index (Phi) is 15.6. The van der Waals surface area contributed by atoms with Crippen LogP contribution in [0, 0.1) is 32.3 Å². The van der Waals surface area contributed by atoms with E-state index in [0.29, 0.717) is 5.56 Å². The van der Waals surface area contributed by atoms with Gasteiger partial charge in [0.2, 0.25) is 5.75 Å². The van der Waals surface area contributed by atoms with Crippen LogP contribution in [0.15, 0.2) is 40.9 Å². The number of rotatable bonds is 15. The van der Waals surface area contributed by atoms with Crippen molar-refractivity contribution in [2.75, 3.05) is 20.2 Å². The van der Waals surface area contributed by atoms with Gasteiger partial charge in [0.1, 0.15) is 11.6 Å². The number of aromatic hydroxyl groups is 1. The number of carboxylic acid groups (broad SMARTS) is 1. The number of benzene rings is 2. The molecule has 0 aliphatic heterocycles. The Morgan fingerprint density at radius 3 is 2.00 bits per heavy atom. The Morgan fingerprint density at radius 2 is 1.51 bits per heavy atom. The number of methoxy groups -OCH3 is 1. The number of aliphatic imine (C=N–C) groups is 1. The number of carbonyl (C=O) groups is 5. The largest absolute Gasteiger partial charge is 0.499 e. The van der Waals surface area contributed by atoms with E-state index in [1.54, 1.807) is 61.5 Å². The fourth-order valence-corrected chi connectivity index (χ4v) is 4.45. The second kappa shape index (κ2) is 19.1. The van der Waals surface area contributed by atoms with E-state index in [-0.39, 0.29) is 42.1 Å². The molecule has 0 fully saturated rings. The van der Waals surface area contributed by atoms with E-state index >= 15 is 0 Å². The number of amides is 1. The van der Waals surface area contributed by atoms with Crippen LogP contribution < -0.4 is 14.2 Å². The number of nitrogens with zero attached hydrogens (tertiary/aromatic N) is 4. The second-order valence-corrected chi connectivity index (χ2v) is 14.1. The van der Waals surface area contributed by atoms with E-state index in [1.807, 2.05) is 0 Å². The minimum atomic E-state index is -1.46. The summed E-state index contributed by atoms with van der Waals surface area (Å²) in [5, 5.41) is 41.9. The van der Waals surface area contributed by atoms with Crippen molar-refractivity contribution in [2.24, 2.45) is 15.8 Å². The number of carboxylic acids is 1. The van der Waals surface area contributed by atoms with Crippen LogP contribution in [0.1, 0.15) is 79.4 Å². The molecule has 0 radical (unpaired) electrons. The maximum atomic E-state index is 13.1. The minimum absolute atomic E-state index is 0.0748. The molecule has 1 unspecified atom stereocenters. The lowest BCUT2D eigenvalue weighted by Crippen LogP contribution is -2.31. The summed E-state index contributed by atoms with van der Waals surface area (Å²) in [5.74, 6) is -6.39. The molecular formula is C38H46N4O13. The molecule has 2 N–H and O–H groups in total. The zero-order valence-corrected chi connectivity index (χ0v) is 32.3. The highest BCUT2D eigenvalue weighted by Crippen LogP contribution is 2.39. The van der Waals surface area contributed by atoms with Crippen LogP contribution in [-0.4, -0.2) is 82.0 Å². The molecule has 0 saturated carbocycles. The van der Waals surface area contributed by atoms with Crippen LogP contribution in [0.5, 0.6) is 23.0 Å². The highest BCUT2D eigenvalue weighted by molar-refractivity contribution is 6.02. The van der Waals surface area contributed by atoms with Gasteiger partial charge >= 0.3 is 29.6 Å². The SMILES string of the molecule is CCN(CC)C(=O)C(C#N)=Cc1cc(OC(CCC(=O)O)=NC(Cc2ccc(OC(=O)C(C)(C)C)c(OC(=O)C(C)(C)C)c2)C(=O)OC)c(O)c([N+](=O)[O-])c1. The van der Waals surface area contributed by atoms with Gasteiger partial charge < -0.3 is 34.1 Å². The molecule has 1 amide bonds. The molecule has 0 aliphatic carbocycles. The molecule has 17 heteroatoms. The van der Waals surface area contributed by atoms with Crippen LogP contribution in [-0.2, 0) is 35.1 Å². The molecule has 0 spiro atoms. The third kappa shape index (κ3) is 12.9. The number of nitriles is 1. The van der Waals surface area contributed by atoms with Gasteiger partial charge in [0.25, 0.3) is 5.91 Å². The maximum Gasteiger partial charge on any atom is 0.331 e. The summed E-state index contributed by atoms with van der Waals surface area (Å²) < 4.78 is 21.8. The van der Waals surface area contributed by atoms with Crippen molar-refractivity contribution in [3.05, 3.63) is 57.1 Å². The maximum absolute atomic E-state index is 13.1. The van der Waals surface area contributed by atoms with Crippen molar-refractivity contribution in [2.45, 2.75) is 80.7 Å². The van der Waals surface area contributed by atoms with Gasteiger partial charge in [0.05, 0.1) is 29.3 Å². The van der Waals surface area contributed by atoms with E-state index in [1.165, 1.54) is 23.1 Å². The predicted octanol–water partition coefficient (Wildman–Crippen LogP) is 5.41. The lowest BCUT2D eigenvalue weighted by molar-refractivity contribution is -0.385. The first kappa shape index (κ1) is 44.8. The summed E-state index contributed by atoms with van der Waals surface area (Å²) in [6.45, 7) is 13.7. The predicted molar refractivity (Wildman–Crippen MR) is 197 cm³/mol. The number of hydrogen-bond acceptors (Lipinski definition) is 14. The molecule has 1 atom stereocenters. The molecule has 0 aromatic heterocycles. The average molecular weight is 767 g/mol. The number of aliphatic carboxylic acids is 1. The standard InChI is InChI=1S/C38H46N4O13/c1-10-41(11-2)33(46)24(21-39)16-23-18-26(42(50)51)32(45)29(20-23)53-30(14-15-31(43)44)40-25(34(47)52-9)17-22-12-13-27(54-35(48)37(3,4)5)28(19-22)55-36(49)38(6,7)8/h12-13,16,18-20,25,45H,10-11,14-15,17H2,1-9H3,(H,43,44). The molecule has 2 rings (SSSR count). The third-order valence-electron chi connectivity index (χ3n) is 7.61. The van der Waals surface area contributed by atoms with Crippen molar-refractivity contribution >= 4 is 47.4 Å². The smallest absolute Gasteiger partial charge is 0.331 e. The number of ether oxygens (including phenoxy) is 4. The molecule has 55 heavy (non-hydrogen) atoms. The number of esters is 3. The van der Waals surface area contributed by atoms with Crippen LogP contribution >= 0.6 is 0 Å². The van der Waals surface area contributed by atoms with Crippen LogP contribution in [0.4, 0.5) is 5.69 Å². The Labute approximate surface area is 318 Å². The summed E-state index contributed by atoms with van der Waals surface area (Å²) in [5.41, 5.74) is -2.89. The van der Waals surface area contributed by atoms with Crippen molar-refractivity contribution in [1.29, 1.82) is 5.26 Å². The van der Waals surface area contributed by atoms with Gasteiger partial charge in [-0.3, -0.25) is 29.3 Å². The van der Waals surface area contributed by atoms with Crippen molar-refractivity contribution in [3.8, 4) is 29.1 Å². The van der Waals surface area contributed by atoms with Crippen molar-refractivity contribution in [3.63, 3.8) is 0 Å². The first-order valence-electron chi connectivity index (χ1n) is 17.1. The van der Waals surface area contributed by atoms with Gasteiger partial charge in [-0.1, -0.05) is 6.07 Å². The monoisotopic (exact) mass is 766 g/mol. The molecular weight excluding hydrogens is 720 g/mol. The number of hydrogen-bond donors (Lipinski definition) is 2. The fraction of sp³-hybridized carbons (Fsp3) is 0.447. The molecule has 0 saturated heterocycles. The number of phenolic OH excluding ortho intramolecular Hbond substituents is 1. The van der Waals surface area contributed by atoms with Gasteiger partial charge in [0.15, 0.2) is 29.2 Å². The zero-order valence-electron chi connectivity index (χ0n) is 32.3. The lowest BCUT2D eigenvalue weighted by Gasteiger charge is -2.21. The Bertz CT molecular complexity index is 1910. The highest BCUT2D eigenvalue weighted by Gasteiger charge is 2.30. The third-order valence-corrected chi connectivity index (χ3v) is 7.61. The number of carbonyl (C=O) groups excluding carboxylic acids is 4. The molecule has 2 aromatic rings. The van der Waals surface area contributed by atoms with Crippen molar-refractivity contribution < 1.29 is 58.1 Å². The van der Waals surface area contributed by atoms with Gasteiger partial charge in [-0.25, -0.2) is 9.79 Å². The number of likely N-dealkylation sites (N-methyl/N-ethyl adjacent to an activating group) is 1. The molecule has 2 aromatic carbocycles. The van der Waals surface area contributed by atoms with Crippen LogP contribution in [0.2, 0.25) is 0 Å². The van der Waals surface area contributed by atoms with E-state index in [4.69, 9.17) is 18.9 Å². The first-order valence-corrected chi connectivity index (χ1v) is 17.1. The summed E-state index contributed by atoms with van der Waals surface area (Å²) in [7, 11) is 1.07. The summed E-state index contributed by atoms with van der Waals surface area (Å²) in [6, 6.07) is 6.49. The average Bonchev–Trinajstić information content (AvgIpc) is 3.10. The number of nitro groups is 1. The fourth-order valence-electron chi connectivity index (χ4n) is 4.45. The number of phenols is 1. The van der Waals surface area contributed by atoms with E-state index in [2.05, 4.69) is 4.99 Å². The van der Waals surface area contributed by atoms with Crippen LogP contribution in [0.25, 0.3) is 6.08 Å². The molecule has 17 nitrogen and oxygen atoms in total. The topological polar surface area (TPSA) is 245 Å². The van der Waals surface area contributed by atoms with E-state index < -0.39 is 87.5 Å². The van der Waals surface area contributed by atoms with Gasteiger partial charge in [-0.05, 0) is 90.8 Å². The zero-order chi connectivity index (χ0) is 41.8. The summed E-state index contributed by atoms with van der Waals surface area (Å²) >= 11 is 0. The van der Waals surface area contributed by atoms with Gasteiger partial charge in [-0.15, -0.1) is 0 Å². The van der Waals surface area contributed by atoms with Crippen LogP contribution in [0.3, 0.4) is 0 Å². The number of nitro benzene ring substituents is 1. The molecule has 0 aliphatic rings. The summed E-state index contributed by atoms with van der Waals surface area (Å²) in [6.07, 6.45) is -0.269. The minimum Gasteiger partial charge on any atom is -0.499 e. The molecule has 296 valence electrons. The Morgan fingerprint density at radius 1 is 0.927 bits per heavy atom. The normalized spacial score (nSPS) is 12.5. The Balaban J connectivity index is 2.73. The van der Waals surface area contributed by atoms with E-state index in [9.17, 15) is 49.6 Å². The lowest BCUT2D eigenvalue weighted by atomic mass is 9.97. The van der Waals surface area contributed by atoms with Crippen molar-refractivity contribution in [1.82, 2.24) is 4.90 Å². The van der Waals surface area contributed by atoms with Gasteiger partial charge in [0, 0.05) is 32.0 Å². The van der Waals surface area contributed by atoms with Gasteiger partial charge in [-0.2, -0.15) is 5.26 Å². The molecule has 0 heterocycles. The first-order chi connectivity index (χ1) is 25.5. The molecule has 0 bridgehead atoms. The Hall–Kier alpha value is -6.31. The quantitative estimate of drug-likeness (QED) is 0.0337. The van der Waals surface area contributed by atoms with E-state index in [0.717, 1.165) is 25.3 Å². The highest BCUT2D eigenvalue weighted by atomic mass is 16.6. The summed E-state index contributed by atoms with van der Waals surface area (Å²) in [4.78, 5) is 79.7. The second-order valence-electron chi connectivity index (χ2n) is 14.1.